The summed E-state index contributed by atoms with van der Waals surface area (Å²) in [6, 6.07) is 0.00391. The van der Waals surface area contributed by atoms with E-state index < -0.39 is 0 Å². The smallest absolute Gasteiger partial charge is 0.150 e. The van der Waals surface area contributed by atoms with Crippen molar-refractivity contribution in [2.75, 3.05) is 0 Å². The molecule has 0 aromatic heterocycles. The van der Waals surface area contributed by atoms with Gasteiger partial charge in [-0.05, 0) is 32.6 Å². The van der Waals surface area contributed by atoms with Crippen LogP contribution in [0.3, 0.4) is 0 Å². The molecule has 0 aromatic carbocycles. The van der Waals surface area contributed by atoms with Crippen LogP contribution in [0.4, 0.5) is 0 Å². The Morgan fingerprint density at radius 2 is 1.60 bits per heavy atom. The van der Waals surface area contributed by atoms with E-state index in [0.717, 1.165) is 6.42 Å². The molecule has 0 aliphatic heterocycles. The molecule has 2 nitrogen and oxygen atoms in total. The van der Waals surface area contributed by atoms with E-state index in [0.29, 0.717) is 12.2 Å². The van der Waals surface area contributed by atoms with Gasteiger partial charge in [0, 0.05) is 12.0 Å². The molecule has 0 aliphatic rings. The Morgan fingerprint density at radius 1 is 1.13 bits per heavy atom. The van der Waals surface area contributed by atoms with Crippen molar-refractivity contribution in [3.05, 3.63) is 0 Å². The normalized spacial score (nSPS) is 15.1. The molecule has 1 N–H and O–H groups in total. The molecule has 15 heavy (non-hydrogen) atoms. The van der Waals surface area contributed by atoms with E-state index in [1.54, 1.807) is 0 Å². The Morgan fingerprint density at radius 3 is 1.87 bits per heavy atom. The fourth-order valence-electron chi connectivity index (χ4n) is 1.58. The van der Waals surface area contributed by atoms with Crippen molar-refractivity contribution < 1.29 is 4.79 Å². The van der Waals surface area contributed by atoms with Crippen molar-refractivity contribution in [2.24, 2.45) is 5.41 Å². The summed E-state index contributed by atoms with van der Waals surface area (Å²) >= 11 is 0. The molecule has 1 atom stereocenters. The average Bonchev–Trinajstić information content (AvgIpc) is 1.94. The molecule has 0 spiro atoms. The van der Waals surface area contributed by atoms with Gasteiger partial charge in [0.25, 0.3) is 0 Å². The van der Waals surface area contributed by atoms with Gasteiger partial charge in [0.2, 0.25) is 0 Å². The van der Waals surface area contributed by atoms with E-state index in [1.165, 1.54) is 0 Å². The number of Topliss-reactive ketones (excluding diaryl/α,β-unsaturated/α-hetero) is 1. The molecular weight excluding hydrogens is 186 g/mol. The van der Waals surface area contributed by atoms with E-state index in [1.807, 2.05) is 0 Å². The second-order valence-corrected chi connectivity index (χ2v) is 6.56. The van der Waals surface area contributed by atoms with E-state index in [-0.39, 0.29) is 17.0 Å². The number of ketones is 1. The highest BCUT2D eigenvalue weighted by Gasteiger charge is 2.25. The lowest BCUT2D eigenvalue weighted by Gasteiger charge is -2.29. The number of hydrogen-bond acceptors (Lipinski definition) is 2. The van der Waals surface area contributed by atoms with Crippen LogP contribution in [0.1, 0.15) is 61.3 Å². The molecule has 0 radical (unpaired) electrons. The second kappa shape index (κ2) is 5.11. The van der Waals surface area contributed by atoms with Crippen LogP contribution >= 0.6 is 0 Å². The Hall–Kier alpha value is -0.370. The van der Waals surface area contributed by atoms with Crippen molar-refractivity contribution in [1.29, 1.82) is 0 Å². The summed E-state index contributed by atoms with van der Waals surface area (Å²) in [5.74, 6) is 0.333. The first-order valence-corrected chi connectivity index (χ1v) is 5.85. The lowest BCUT2D eigenvalue weighted by atomic mass is 9.87. The minimum Gasteiger partial charge on any atom is -0.303 e. The van der Waals surface area contributed by atoms with Gasteiger partial charge in [-0.15, -0.1) is 0 Å². The molecule has 0 fully saturated rings. The lowest BCUT2D eigenvalue weighted by Crippen LogP contribution is -2.48. The van der Waals surface area contributed by atoms with E-state index >= 15 is 0 Å². The zero-order chi connectivity index (χ0) is 12.3. The number of hydrogen-bond donors (Lipinski definition) is 1. The Labute approximate surface area is 94.8 Å². The summed E-state index contributed by atoms with van der Waals surface area (Å²) in [5.41, 5.74) is 0.0955. The van der Waals surface area contributed by atoms with Crippen molar-refractivity contribution >= 4 is 5.78 Å². The Bertz CT molecular complexity index is 208. The molecule has 0 saturated heterocycles. The zero-order valence-corrected chi connectivity index (χ0v) is 11.4. The highest BCUT2D eigenvalue weighted by molar-refractivity contribution is 5.84. The van der Waals surface area contributed by atoms with Crippen molar-refractivity contribution in [3.63, 3.8) is 0 Å². The van der Waals surface area contributed by atoms with Crippen LogP contribution in [0.15, 0.2) is 0 Å². The minimum atomic E-state index is 0.00391. The monoisotopic (exact) mass is 213 g/mol. The van der Waals surface area contributed by atoms with Gasteiger partial charge in [0.05, 0.1) is 6.04 Å². The first-order valence-electron chi connectivity index (χ1n) is 5.85. The predicted molar refractivity (Wildman–Crippen MR) is 66.0 cm³/mol. The zero-order valence-electron chi connectivity index (χ0n) is 11.4. The number of carbonyl (C=O) groups is 1. The standard InChI is InChI=1S/C13H27NO/c1-8-10(14-13(5,6)7)11(15)9-12(2,3)4/h10,14H,8-9H2,1-7H3. The third-order valence-electron chi connectivity index (χ3n) is 2.11. The van der Waals surface area contributed by atoms with Crippen LogP contribution in [0.5, 0.6) is 0 Å². The van der Waals surface area contributed by atoms with Crippen LogP contribution in [-0.2, 0) is 4.79 Å². The molecule has 1 unspecified atom stereocenters. The predicted octanol–water partition coefficient (Wildman–Crippen LogP) is 3.16. The molecule has 0 bridgehead atoms. The number of rotatable bonds is 4. The average molecular weight is 213 g/mol. The molecule has 0 amide bonds. The van der Waals surface area contributed by atoms with Gasteiger partial charge in [-0.2, -0.15) is 0 Å². The maximum Gasteiger partial charge on any atom is 0.150 e. The highest BCUT2D eigenvalue weighted by atomic mass is 16.1. The molecule has 0 aliphatic carbocycles. The van der Waals surface area contributed by atoms with Gasteiger partial charge >= 0.3 is 0 Å². The van der Waals surface area contributed by atoms with Crippen LogP contribution in [-0.4, -0.2) is 17.4 Å². The number of carbonyl (C=O) groups excluding carboxylic acids is 1. The Kier molecular flexibility index (Phi) is 4.98. The van der Waals surface area contributed by atoms with Gasteiger partial charge in [-0.1, -0.05) is 27.7 Å². The van der Waals surface area contributed by atoms with Crippen molar-refractivity contribution in [3.8, 4) is 0 Å². The Balaban J connectivity index is 4.36. The summed E-state index contributed by atoms with van der Waals surface area (Å²) in [6.07, 6.45) is 1.51. The fourth-order valence-corrected chi connectivity index (χ4v) is 1.58. The van der Waals surface area contributed by atoms with Gasteiger partial charge in [0.15, 0.2) is 0 Å². The summed E-state index contributed by atoms with van der Waals surface area (Å²) < 4.78 is 0. The summed E-state index contributed by atoms with van der Waals surface area (Å²) in [7, 11) is 0. The summed E-state index contributed by atoms with van der Waals surface area (Å²) in [5, 5.41) is 3.38. The van der Waals surface area contributed by atoms with Gasteiger partial charge < -0.3 is 5.32 Å². The van der Waals surface area contributed by atoms with Crippen molar-refractivity contribution in [2.45, 2.75) is 72.9 Å². The lowest BCUT2D eigenvalue weighted by molar-refractivity contribution is -0.123. The second-order valence-electron chi connectivity index (χ2n) is 6.56. The van der Waals surface area contributed by atoms with Gasteiger partial charge in [0.1, 0.15) is 5.78 Å². The maximum atomic E-state index is 12.0. The summed E-state index contributed by atoms with van der Waals surface area (Å²) in [6.45, 7) is 14.7. The van der Waals surface area contributed by atoms with Crippen molar-refractivity contribution in [1.82, 2.24) is 5.32 Å². The van der Waals surface area contributed by atoms with E-state index in [2.05, 4.69) is 53.8 Å². The first-order chi connectivity index (χ1) is 6.55. The third kappa shape index (κ3) is 7.55. The molecule has 0 saturated carbocycles. The quantitative estimate of drug-likeness (QED) is 0.777. The van der Waals surface area contributed by atoms with Crippen LogP contribution in [0.25, 0.3) is 0 Å². The van der Waals surface area contributed by atoms with Crippen LogP contribution in [0.2, 0.25) is 0 Å². The largest absolute Gasteiger partial charge is 0.303 e. The van der Waals surface area contributed by atoms with E-state index in [9.17, 15) is 4.79 Å². The summed E-state index contributed by atoms with van der Waals surface area (Å²) in [4.78, 5) is 12.0. The fraction of sp³-hybridized carbons (Fsp3) is 0.923. The molecule has 90 valence electrons. The molecule has 2 heteroatoms. The molecular formula is C13H27NO. The first kappa shape index (κ1) is 14.6. The van der Waals surface area contributed by atoms with Crippen LogP contribution in [0, 0.1) is 5.41 Å². The maximum absolute atomic E-state index is 12.0. The number of nitrogens with one attached hydrogen (secondary N) is 1. The molecule has 0 heterocycles. The SMILES string of the molecule is CCC(NC(C)(C)C)C(=O)CC(C)(C)C. The van der Waals surface area contributed by atoms with Gasteiger partial charge in [-0.3, -0.25) is 4.79 Å². The van der Waals surface area contributed by atoms with E-state index in [4.69, 9.17) is 0 Å². The molecule has 0 rings (SSSR count). The van der Waals surface area contributed by atoms with Crippen LogP contribution < -0.4 is 5.32 Å². The molecule has 0 aromatic rings. The third-order valence-corrected chi connectivity index (χ3v) is 2.11. The minimum absolute atomic E-state index is 0.00391. The topological polar surface area (TPSA) is 29.1 Å². The van der Waals surface area contributed by atoms with Gasteiger partial charge in [-0.25, -0.2) is 0 Å². The highest BCUT2D eigenvalue weighted by Crippen LogP contribution is 2.20.